The van der Waals surface area contributed by atoms with Crippen LogP contribution in [0.25, 0.3) is 6.08 Å². The second kappa shape index (κ2) is 12.0. The lowest BCUT2D eigenvalue weighted by atomic mass is 10.0. The number of hydrogen-bond acceptors (Lipinski definition) is 2. The molecule has 0 unspecified atom stereocenters. The van der Waals surface area contributed by atoms with Crippen molar-refractivity contribution in [2.75, 3.05) is 26.7 Å². The van der Waals surface area contributed by atoms with Gasteiger partial charge in [-0.15, -0.1) is 24.0 Å². The number of aliphatic imine (C=N–C) groups is 1. The lowest BCUT2D eigenvalue weighted by Crippen LogP contribution is -2.44. The number of likely N-dealkylation sites (tertiary alicyclic amines) is 1. The van der Waals surface area contributed by atoms with Gasteiger partial charge in [0.25, 0.3) is 0 Å². The summed E-state index contributed by atoms with van der Waals surface area (Å²) in [6, 6.07) is 18.9. The van der Waals surface area contributed by atoms with Crippen molar-refractivity contribution >= 4 is 41.9 Å². The van der Waals surface area contributed by atoms with Gasteiger partial charge < -0.3 is 15.1 Å². The lowest BCUT2D eigenvalue weighted by Gasteiger charge is -2.31. The van der Waals surface area contributed by atoms with E-state index in [0.717, 1.165) is 57.9 Å². The van der Waals surface area contributed by atoms with Crippen molar-refractivity contribution in [2.24, 2.45) is 4.99 Å². The van der Waals surface area contributed by atoms with E-state index in [2.05, 4.69) is 63.7 Å². The molecule has 2 heterocycles. The standard InChI is InChI=1S/C26H32N4O.HI/c1-27-26(29-16-13-22(14-17-29)18-21-8-3-2-4-9-21)28-15-7-12-25(31)30-19-23-10-5-6-11-24(23)20-30;/h2-6,8-11,18H,7,12-17,19-20H2,1H3,(H,27,28);1H. The first-order valence-electron chi connectivity index (χ1n) is 11.3. The molecule has 2 aliphatic heterocycles. The molecule has 1 amide bonds. The van der Waals surface area contributed by atoms with E-state index in [1.54, 1.807) is 0 Å². The summed E-state index contributed by atoms with van der Waals surface area (Å²) in [6.07, 6.45) is 5.82. The van der Waals surface area contributed by atoms with E-state index in [9.17, 15) is 4.79 Å². The molecule has 32 heavy (non-hydrogen) atoms. The Balaban J connectivity index is 0.00000289. The Hall–Kier alpha value is -2.35. The lowest BCUT2D eigenvalue weighted by molar-refractivity contribution is -0.131. The molecule has 0 radical (unpaired) electrons. The molecular formula is C26H33IN4O. The van der Waals surface area contributed by atoms with E-state index >= 15 is 0 Å². The van der Waals surface area contributed by atoms with E-state index in [1.165, 1.54) is 22.3 Å². The fourth-order valence-electron chi connectivity index (χ4n) is 4.37. The predicted molar refractivity (Wildman–Crippen MR) is 142 cm³/mol. The Kier molecular flexibility index (Phi) is 9.14. The molecule has 2 aromatic rings. The van der Waals surface area contributed by atoms with Crippen LogP contribution in [0.1, 0.15) is 42.4 Å². The average molecular weight is 544 g/mol. The Morgan fingerprint density at radius 1 is 0.969 bits per heavy atom. The Labute approximate surface area is 208 Å². The summed E-state index contributed by atoms with van der Waals surface area (Å²) in [5.41, 5.74) is 5.33. The van der Waals surface area contributed by atoms with Gasteiger partial charge in [-0.1, -0.05) is 66.2 Å². The van der Waals surface area contributed by atoms with E-state index in [4.69, 9.17) is 0 Å². The minimum atomic E-state index is 0. The van der Waals surface area contributed by atoms with Crippen LogP contribution in [0.4, 0.5) is 0 Å². The number of nitrogens with one attached hydrogen (secondary N) is 1. The Morgan fingerprint density at radius 2 is 1.59 bits per heavy atom. The zero-order chi connectivity index (χ0) is 21.5. The van der Waals surface area contributed by atoms with Crippen LogP contribution in [-0.2, 0) is 17.9 Å². The van der Waals surface area contributed by atoms with Gasteiger partial charge >= 0.3 is 0 Å². The number of rotatable bonds is 5. The molecule has 1 fully saturated rings. The molecule has 0 atom stereocenters. The van der Waals surface area contributed by atoms with Gasteiger partial charge in [0.15, 0.2) is 5.96 Å². The SMILES string of the molecule is CN=C(NCCCC(=O)N1Cc2ccccc2C1)N1CCC(=Cc2ccccc2)CC1.I. The van der Waals surface area contributed by atoms with Gasteiger partial charge in [-0.05, 0) is 36.0 Å². The quantitative estimate of drug-likeness (QED) is 0.258. The van der Waals surface area contributed by atoms with Crippen LogP contribution < -0.4 is 5.32 Å². The number of guanidine groups is 1. The summed E-state index contributed by atoms with van der Waals surface area (Å²) in [6.45, 7) is 4.21. The van der Waals surface area contributed by atoms with Crippen molar-refractivity contribution in [1.82, 2.24) is 15.1 Å². The third kappa shape index (κ3) is 6.34. The van der Waals surface area contributed by atoms with E-state index in [1.807, 2.05) is 24.1 Å². The highest BCUT2D eigenvalue weighted by molar-refractivity contribution is 14.0. The van der Waals surface area contributed by atoms with Gasteiger partial charge in [0.2, 0.25) is 5.91 Å². The van der Waals surface area contributed by atoms with Crippen LogP contribution in [0.5, 0.6) is 0 Å². The van der Waals surface area contributed by atoms with Crippen molar-refractivity contribution in [3.05, 3.63) is 76.9 Å². The number of halogens is 1. The second-order valence-electron chi connectivity index (χ2n) is 8.30. The number of amides is 1. The van der Waals surface area contributed by atoms with E-state index < -0.39 is 0 Å². The number of carbonyl (C=O) groups excluding carboxylic acids is 1. The third-order valence-corrected chi connectivity index (χ3v) is 6.13. The van der Waals surface area contributed by atoms with Gasteiger partial charge in [-0.25, -0.2) is 0 Å². The molecule has 0 saturated carbocycles. The van der Waals surface area contributed by atoms with Crippen LogP contribution in [0, 0.1) is 0 Å². The fourth-order valence-corrected chi connectivity index (χ4v) is 4.37. The first kappa shape index (κ1) is 24.3. The highest BCUT2D eigenvalue weighted by Crippen LogP contribution is 2.23. The zero-order valence-electron chi connectivity index (χ0n) is 18.8. The molecule has 0 bridgehead atoms. The molecule has 2 aromatic carbocycles. The number of piperidine rings is 1. The molecule has 170 valence electrons. The van der Waals surface area contributed by atoms with Gasteiger partial charge in [-0.2, -0.15) is 0 Å². The molecule has 0 aliphatic carbocycles. The molecule has 5 nitrogen and oxygen atoms in total. The van der Waals surface area contributed by atoms with Crippen LogP contribution in [-0.4, -0.2) is 48.3 Å². The number of nitrogens with zero attached hydrogens (tertiary/aromatic N) is 3. The maximum absolute atomic E-state index is 12.6. The van der Waals surface area contributed by atoms with Crippen LogP contribution in [0.3, 0.4) is 0 Å². The fraction of sp³-hybridized carbons (Fsp3) is 0.385. The monoisotopic (exact) mass is 544 g/mol. The first-order chi connectivity index (χ1) is 15.2. The van der Waals surface area contributed by atoms with Crippen molar-refractivity contribution in [3.8, 4) is 0 Å². The molecule has 0 spiro atoms. The van der Waals surface area contributed by atoms with Crippen molar-refractivity contribution in [1.29, 1.82) is 0 Å². The van der Waals surface area contributed by atoms with Gasteiger partial charge in [-0.3, -0.25) is 9.79 Å². The number of fused-ring (bicyclic) bond motifs is 1. The molecule has 4 rings (SSSR count). The summed E-state index contributed by atoms with van der Waals surface area (Å²) in [7, 11) is 1.84. The minimum Gasteiger partial charge on any atom is -0.356 e. The van der Waals surface area contributed by atoms with E-state index in [-0.39, 0.29) is 29.9 Å². The van der Waals surface area contributed by atoms with Crippen LogP contribution >= 0.6 is 24.0 Å². The highest BCUT2D eigenvalue weighted by atomic mass is 127. The molecule has 1 saturated heterocycles. The zero-order valence-corrected chi connectivity index (χ0v) is 21.1. The highest BCUT2D eigenvalue weighted by Gasteiger charge is 2.22. The predicted octanol–water partition coefficient (Wildman–Crippen LogP) is 4.68. The smallest absolute Gasteiger partial charge is 0.223 e. The second-order valence-corrected chi connectivity index (χ2v) is 8.30. The summed E-state index contributed by atoms with van der Waals surface area (Å²) < 4.78 is 0. The van der Waals surface area contributed by atoms with Crippen LogP contribution in [0.15, 0.2) is 65.2 Å². The van der Waals surface area contributed by atoms with Gasteiger partial charge in [0, 0.05) is 46.2 Å². The molecule has 0 aromatic heterocycles. The third-order valence-electron chi connectivity index (χ3n) is 6.13. The van der Waals surface area contributed by atoms with Crippen molar-refractivity contribution in [2.45, 2.75) is 38.8 Å². The maximum Gasteiger partial charge on any atom is 0.223 e. The average Bonchev–Trinajstić information content (AvgIpc) is 3.25. The molecule has 1 N–H and O–H groups in total. The van der Waals surface area contributed by atoms with Crippen LogP contribution in [0.2, 0.25) is 0 Å². The summed E-state index contributed by atoms with van der Waals surface area (Å²) in [5.74, 6) is 1.18. The van der Waals surface area contributed by atoms with Crippen molar-refractivity contribution < 1.29 is 4.79 Å². The number of carbonyl (C=O) groups is 1. The minimum absolute atomic E-state index is 0. The van der Waals surface area contributed by atoms with Gasteiger partial charge in [0.05, 0.1) is 0 Å². The Morgan fingerprint density at radius 3 is 2.22 bits per heavy atom. The van der Waals surface area contributed by atoms with E-state index in [0.29, 0.717) is 6.42 Å². The maximum atomic E-state index is 12.6. The number of hydrogen-bond donors (Lipinski definition) is 1. The summed E-state index contributed by atoms with van der Waals surface area (Å²) >= 11 is 0. The topological polar surface area (TPSA) is 47.9 Å². The normalized spacial score (nSPS) is 15.8. The summed E-state index contributed by atoms with van der Waals surface area (Å²) in [4.78, 5) is 21.3. The molecule has 6 heteroatoms. The first-order valence-corrected chi connectivity index (χ1v) is 11.3. The molecule has 2 aliphatic rings. The van der Waals surface area contributed by atoms with Crippen molar-refractivity contribution in [3.63, 3.8) is 0 Å². The Bertz CT molecular complexity index is 922. The largest absolute Gasteiger partial charge is 0.356 e. The summed E-state index contributed by atoms with van der Waals surface area (Å²) in [5, 5.41) is 3.45. The number of benzene rings is 2. The molecular weight excluding hydrogens is 511 g/mol. The van der Waals surface area contributed by atoms with Gasteiger partial charge in [0.1, 0.15) is 0 Å².